The maximum Gasteiger partial charge on any atom is 0.256 e. The van der Waals surface area contributed by atoms with E-state index in [1.165, 1.54) is 5.56 Å². The van der Waals surface area contributed by atoms with Crippen molar-refractivity contribution in [2.24, 2.45) is 10.2 Å². The smallest absolute Gasteiger partial charge is 0.256 e. The van der Waals surface area contributed by atoms with Crippen LogP contribution in [0.3, 0.4) is 0 Å². The van der Waals surface area contributed by atoms with Crippen molar-refractivity contribution in [3.8, 4) is 5.75 Å². The highest BCUT2D eigenvalue weighted by Crippen LogP contribution is 2.42. The molecular formula is C34H29N3O2. The van der Waals surface area contributed by atoms with Gasteiger partial charge in [-0.05, 0) is 67.1 Å². The molecule has 5 rings (SSSR count). The highest BCUT2D eigenvalue weighted by molar-refractivity contribution is 6.09. The Labute approximate surface area is 228 Å². The number of nitrogens with one attached hydrogen (secondary N) is 1. The second-order valence-corrected chi connectivity index (χ2v) is 9.65. The molecule has 0 radical (unpaired) electrons. The minimum atomic E-state index is -0.296. The molecule has 1 amide bonds. The van der Waals surface area contributed by atoms with Crippen LogP contribution in [0.5, 0.6) is 5.75 Å². The van der Waals surface area contributed by atoms with Crippen LogP contribution >= 0.6 is 0 Å². The molecule has 5 aromatic carbocycles. The second-order valence-electron chi connectivity index (χ2n) is 9.65. The molecule has 0 saturated heterocycles. The van der Waals surface area contributed by atoms with E-state index < -0.39 is 0 Å². The first-order valence-electron chi connectivity index (χ1n) is 12.8. The molecule has 0 aliphatic rings. The monoisotopic (exact) mass is 511 g/mol. The van der Waals surface area contributed by atoms with Gasteiger partial charge in [-0.25, -0.2) is 0 Å². The lowest BCUT2D eigenvalue weighted by atomic mass is 10.0. The van der Waals surface area contributed by atoms with Crippen LogP contribution in [-0.4, -0.2) is 11.0 Å². The molecule has 5 nitrogen and oxygen atoms in total. The van der Waals surface area contributed by atoms with Crippen LogP contribution in [0.4, 0.5) is 17.1 Å². The third kappa shape index (κ3) is 5.94. The summed E-state index contributed by atoms with van der Waals surface area (Å²) in [6.07, 6.45) is 4.12. The normalized spacial score (nSPS) is 11.5. The number of azo groups is 1. The Morgan fingerprint density at radius 1 is 0.744 bits per heavy atom. The average molecular weight is 512 g/mol. The highest BCUT2D eigenvalue weighted by atomic mass is 16.3. The molecular weight excluding hydrogens is 482 g/mol. The van der Waals surface area contributed by atoms with Gasteiger partial charge in [-0.2, -0.15) is 5.11 Å². The summed E-state index contributed by atoms with van der Waals surface area (Å²) in [6, 6.07) is 31.0. The van der Waals surface area contributed by atoms with Gasteiger partial charge in [0.2, 0.25) is 0 Å². The Bertz CT molecular complexity index is 1720. The molecule has 0 fully saturated rings. The van der Waals surface area contributed by atoms with Crippen LogP contribution in [-0.2, 0) is 0 Å². The minimum Gasteiger partial charge on any atom is -0.504 e. The third-order valence-corrected chi connectivity index (χ3v) is 6.57. The molecule has 0 aliphatic heterocycles. The SMILES string of the molecule is Cc1ccc(/C=C/c2ccc(N=Nc3c(O)c(NC(=O)c4ccc(C)cc4C)cc4ccccc34)cc2)cc1. The van der Waals surface area contributed by atoms with Crippen molar-refractivity contribution in [3.63, 3.8) is 0 Å². The number of carbonyl (C=O) groups excluding carboxylic acids is 1. The first-order chi connectivity index (χ1) is 18.9. The lowest BCUT2D eigenvalue weighted by Crippen LogP contribution is -2.13. The van der Waals surface area contributed by atoms with Crippen LogP contribution in [0, 0.1) is 20.8 Å². The van der Waals surface area contributed by atoms with Gasteiger partial charge >= 0.3 is 0 Å². The van der Waals surface area contributed by atoms with Crippen molar-refractivity contribution >= 4 is 45.9 Å². The molecule has 0 aliphatic carbocycles. The summed E-state index contributed by atoms with van der Waals surface area (Å²) in [5.41, 5.74) is 7.13. The average Bonchev–Trinajstić information content (AvgIpc) is 2.93. The maximum atomic E-state index is 13.0. The summed E-state index contributed by atoms with van der Waals surface area (Å²) in [4.78, 5) is 13.0. The van der Waals surface area contributed by atoms with Crippen LogP contribution in [0.25, 0.3) is 22.9 Å². The molecule has 0 heterocycles. The van der Waals surface area contributed by atoms with Gasteiger partial charge in [0, 0.05) is 10.9 Å². The summed E-state index contributed by atoms with van der Waals surface area (Å²) in [5, 5.41) is 24.4. The molecule has 0 aromatic heterocycles. The molecule has 192 valence electrons. The largest absolute Gasteiger partial charge is 0.504 e. The second kappa shape index (κ2) is 11.2. The van der Waals surface area contributed by atoms with E-state index in [2.05, 4.69) is 52.8 Å². The number of aromatic hydroxyl groups is 1. The van der Waals surface area contributed by atoms with Crippen LogP contribution in [0.15, 0.2) is 107 Å². The van der Waals surface area contributed by atoms with E-state index in [1.807, 2.05) is 80.6 Å². The van der Waals surface area contributed by atoms with E-state index in [0.29, 0.717) is 16.9 Å². The number of aryl methyl sites for hydroxylation is 3. The molecule has 0 bridgehead atoms. The highest BCUT2D eigenvalue weighted by Gasteiger charge is 2.17. The van der Waals surface area contributed by atoms with Gasteiger partial charge in [0.25, 0.3) is 5.91 Å². The Hall–Kier alpha value is -5.03. The Morgan fingerprint density at radius 3 is 2.08 bits per heavy atom. The standard InChI is InChI=1S/C34H29N3O2/c1-22-8-11-25(12-9-22)13-14-26-15-17-28(18-16-26)36-37-32-30-7-5-4-6-27(30)21-31(33(32)38)35-34(39)29-19-10-23(2)20-24(29)3/h4-21,38H,1-3H3,(H,35,39)/b14-13+,37-36?. The fraction of sp³-hybridized carbons (Fsp3) is 0.0882. The summed E-state index contributed by atoms with van der Waals surface area (Å²) in [6.45, 7) is 5.95. The molecule has 0 spiro atoms. The lowest BCUT2D eigenvalue weighted by Gasteiger charge is -2.13. The topological polar surface area (TPSA) is 74.1 Å². The van der Waals surface area contributed by atoms with Gasteiger partial charge in [-0.1, -0.05) is 96.1 Å². The number of hydrogen-bond acceptors (Lipinski definition) is 4. The minimum absolute atomic E-state index is 0.131. The lowest BCUT2D eigenvalue weighted by molar-refractivity contribution is 0.102. The Kier molecular flexibility index (Phi) is 7.32. The quantitative estimate of drug-likeness (QED) is 0.135. The van der Waals surface area contributed by atoms with E-state index in [4.69, 9.17) is 0 Å². The zero-order valence-corrected chi connectivity index (χ0v) is 22.1. The number of phenols is 1. The maximum absolute atomic E-state index is 13.0. The van der Waals surface area contributed by atoms with Crippen LogP contribution in [0.1, 0.15) is 38.2 Å². The number of fused-ring (bicyclic) bond motifs is 1. The number of benzene rings is 5. The predicted molar refractivity (Wildman–Crippen MR) is 160 cm³/mol. The molecule has 0 unspecified atom stereocenters. The summed E-state index contributed by atoms with van der Waals surface area (Å²) in [7, 11) is 0. The van der Waals surface area contributed by atoms with Gasteiger partial charge in [-0.15, -0.1) is 5.11 Å². The van der Waals surface area contributed by atoms with E-state index in [1.54, 1.807) is 12.1 Å². The summed E-state index contributed by atoms with van der Waals surface area (Å²) in [5.74, 6) is -0.427. The van der Waals surface area contributed by atoms with Crippen molar-refractivity contribution in [2.45, 2.75) is 20.8 Å². The van der Waals surface area contributed by atoms with Gasteiger partial charge < -0.3 is 10.4 Å². The van der Waals surface area contributed by atoms with Crippen molar-refractivity contribution in [1.29, 1.82) is 0 Å². The van der Waals surface area contributed by atoms with Gasteiger partial charge in [-0.3, -0.25) is 4.79 Å². The van der Waals surface area contributed by atoms with E-state index >= 15 is 0 Å². The van der Waals surface area contributed by atoms with Crippen molar-refractivity contribution in [3.05, 3.63) is 130 Å². The number of anilines is 1. The van der Waals surface area contributed by atoms with E-state index in [0.717, 1.165) is 33.0 Å². The van der Waals surface area contributed by atoms with Crippen molar-refractivity contribution in [2.75, 3.05) is 5.32 Å². The number of phenolic OH excluding ortho intramolecular Hbond substituents is 1. The van der Waals surface area contributed by atoms with E-state index in [9.17, 15) is 9.90 Å². The molecule has 39 heavy (non-hydrogen) atoms. The zero-order valence-electron chi connectivity index (χ0n) is 22.1. The van der Waals surface area contributed by atoms with Gasteiger partial charge in [0.1, 0.15) is 5.69 Å². The zero-order chi connectivity index (χ0) is 27.4. The molecule has 0 atom stereocenters. The summed E-state index contributed by atoms with van der Waals surface area (Å²) < 4.78 is 0. The van der Waals surface area contributed by atoms with Crippen LogP contribution < -0.4 is 5.32 Å². The van der Waals surface area contributed by atoms with Gasteiger partial charge in [0.05, 0.1) is 11.4 Å². The fourth-order valence-electron chi connectivity index (χ4n) is 4.40. The first-order valence-corrected chi connectivity index (χ1v) is 12.8. The number of nitrogens with zero attached hydrogens (tertiary/aromatic N) is 2. The Morgan fingerprint density at radius 2 is 1.38 bits per heavy atom. The summed E-state index contributed by atoms with van der Waals surface area (Å²) >= 11 is 0. The molecule has 0 saturated carbocycles. The number of amides is 1. The van der Waals surface area contributed by atoms with E-state index in [-0.39, 0.29) is 17.3 Å². The van der Waals surface area contributed by atoms with Crippen LogP contribution in [0.2, 0.25) is 0 Å². The van der Waals surface area contributed by atoms with Gasteiger partial charge in [0.15, 0.2) is 5.75 Å². The number of hydrogen-bond donors (Lipinski definition) is 2. The Balaban J connectivity index is 1.41. The molecule has 5 aromatic rings. The molecule has 5 heteroatoms. The first kappa shape index (κ1) is 25.6. The number of rotatable bonds is 6. The fourth-order valence-corrected chi connectivity index (χ4v) is 4.40. The third-order valence-electron chi connectivity index (χ3n) is 6.57. The van der Waals surface area contributed by atoms with Crippen molar-refractivity contribution in [1.82, 2.24) is 0 Å². The molecule has 2 N–H and O–H groups in total. The van der Waals surface area contributed by atoms with Crippen molar-refractivity contribution < 1.29 is 9.90 Å². The number of carbonyl (C=O) groups is 1. The predicted octanol–water partition coefficient (Wildman–Crippen LogP) is 9.31.